The van der Waals surface area contributed by atoms with Crippen LogP contribution in [0.2, 0.25) is 0 Å². The van der Waals surface area contributed by atoms with Gasteiger partial charge in [-0.25, -0.2) is 18.4 Å². The van der Waals surface area contributed by atoms with E-state index in [1.165, 1.54) is 10.6 Å². The Bertz CT molecular complexity index is 755. The summed E-state index contributed by atoms with van der Waals surface area (Å²) in [5.74, 6) is 0.621. The van der Waals surface area contributed by atoms with Crippen LogP contribution in [-0.2, 0) is 10.0 Å². The molecule has 2 aromatic rings. The van der Waals surface area contributed by atoms with Crippen molar-refractivity contribution in [2.75, 3.05) is 12.8 Å². The van der Waals surface area contributed by atoms with E-state index < -0.39 is 10.0 Å². The number of hydrogen-bond acceptors (Lipinski definition) is 5. The van der Waals surface area contributed by atoms with E-state index in [4.69, 9.17) is 0 Å². The Kier molecular flexibility index (Phi) is 3.50. The average Bonchev–Trinajstić information content (AvgIpc) is 3.06. The van der Waals surface area contributed by atoms with E-state index in [1.807, 2.05) is 6.92 Å². The molecular weight excluding hydrogens is 290 g/mol. The van der Waals surface area contributed by atoms with E-state index in [-0.39, 0.29) is 6.04 Å². The van der Waals surface area contributed by atoms with E-state index in [9.17, 15) is 8.42 Å². The van der Waals surface area contributed by atoms with Gasteiger partial charge < -0.3 is 4.98 Å². The molecule has 112 valence electrons. The molecule has 3 rings (SSSR count). The number of nitrogens with one attached hydrogen (secondary N) is 1. The molecule has 1 saturated heterocycles. The maximum atomic E-state index is 11.9. The van der Waals surface area contributed by atoms with Crippen molar-refractivity contribution >= 4 is 10.0 Å². The molecule has 7 nitrogen and oxygen atoms in total. The lowest BCUT2D eigenvalue weighted by Gasteiger charge is -2.22. The first-order valence-corrected chi connectivity index (χ1v) is 8.61. The zero-order valence-electron chi connectivity index (χ0n) is 11.9. The van der Waals surface area contributed by atoms with Crippen molar-refractivity contribution in [2.24, 2.45) is 0 Å². The highest BCUT2D eigenvalue weighted by atomic mass is 32.2. The number of sulfonamides is 1. The first kappa shape index (κ1) is 14.2. The molecular formula is C13H17N5O2S. The largest absolute Gasteiger partial charge is 0.341 e. The predicted molar refractivity (Wildman–Crippen MR) is 77.9 cm³/mol. The van der Waals surface area contributed by atoms with E-state index >= 15 is 0 Å². The van der Waals surface area contributed by atoms with Gasteiger partial charge in [0.1, 0.15) is 5.69 Å². The van der Waals surface area contributed by atoms with E-state index in [2.05, 4.69) is 19.9 Å². The quantitative estimate of drug-likeness (QED) is 0.922. The number of hydrogen-bond donors (Lipinski definition) is 1. The molecule has 0 spiro atoms. The van der Waals surface area contributed by atoms with Crippen LogP contribution in [0, 0.1) is 6.92 Å². The van der Waals surface area contributed by atoms with Gasteiger partial charge in [0.25, 0.3) is 0 Å². The van der Waals surface area contributed by atoms with Crippen LogP contribution in [0.5, 0.6) is 0 Å². The lowest BCUT2D eigenvalue weighted by Crippen LogP contribution is -2.30. The van der Waals surface area contributed by atoms with Crippen LogP contribution in [0.15, 0.2) is 18.6 Å². The molecule has 0 bridgehead atoms. The number of aromatic nitrogens is 4. The highest BCUT2D eigenvalue weighted by Gasteiger charge is 2.35. The molecule has 0 saturated carbocycles. The Morgan fingerprint density at radius 3 is 2.71 bits per heavy atom. The minimum absolute atomic E-state index is 0.269. The van der Waals surface area contributed by atoms with Gasteiger partial charge in [-0.3, -0.25) is 4.98 Å². The highest BCUT2D eigenvalue weighted by Crippen LogP contribution is 2.36. The Balaban J connectivity index is 2.07. The maximum Gasteiger partial charge on any atom is 0.211 e. The van der Waals surface area contributed by atoms with Crippen molar-refractivity contribution in [2.45, 2.75) is 25.8 Å². The van der Waals surface area contributed by atoms with Crippen LogP contribution < -0.4 is 0 Å². The van der Waals surface area contributed by atoms with Gasteiger partial charge in [-0.05, 0) is 19.8 Å². The van der Waals surface area contributed by atoms with Gasteiger partial charge in [0, 0.05) is 30.8 Å². The SMILES string of the molecule is Cc1cnc(-c2nccnc2C2CCCN2S(C)(=O)=O)[nH]1. The molecule has 3 heterocycles. The molecule has 1 unspecified atom stereocenters. The first-order chi connectivity index (χ1) is 9.97. The molecule has 8 heteroatoms. The summed E-state index contributed by atoms with van der Waals surface area (Å²) < 4.78 is 25.3. The second-order valence-corrected chi connectivity index (χ2v) is 7.17. The molecule has 0 amide bonds. The Labute approximate surface area is 123 Å². The van der Waals surface area contributed by atoms with E-state index in [0.717, 1.165) is 18.5 Å². The smallest absolute Gasteiger partial charge is 0.211 e. The summed E-state index contributed by atoms with van der Waals surface area (Å²) in [6.45, 7) is 2.43. The first-order valence-electron chi connectivity index (χ1n) is 6.76. The molecule has 1 N–H and O–H groups in total. The predicted octanol–water partition coefficient (Wildman–Crippen LogP) is 1.27. The second-order valence-electron chi connectivity index (χ2n) is 5.24. The van der Waals surface area contributed by atoms with Crippen molar-refractivity contribution in [3.8, 4) is 11.5 Å². The Morgan fingerprint density at radius 2 is 2.05 bits per heavy atom. The third kappa shape index (κ3) is 2.68. The van der Waals surface area contributed by atoms with Crippen molar-refractivity contribution < 1.29 is 8.42 Å². The topological polar surface area (TPSA) is 91.8 Å². The standard InChI is InChI=1S/C13H17N5O2S/c1-9-8-16-13(17-9)12-11(14-5-6-15-12)10-4-3-7-18(10)21(2,19)20/h5-6,8,10H,3-4,7H2,1-2H3,(H,16,17). The van der Waals surface area contributed by atoms with Gasteiger partial charge in [-0.15, -0.1) is 0 Å². The minimum Gasteiger partial charge on any atom is -0.341 e. The fourth-order valence-corrected chi connectivity index (χ4v) is 3.85. The van der Waals surface area contributed by atoms with E-state index in [1.54, 1.807) is 18.6 Å². The van der Waals surface area contributed by atoms with Crippen molar-refractivity contribution in [3.63, 3.8) is 0 Å². The molecule has 21 heavy (non-hydrogen) atoms. The van der Waals surface area contributed by atoms with Crippen LogP contribution in [0.25, 0.3) is 11.5 Å². The average molecular weight is 307 g/mol. The summed E-state index contributed by atoms with van der Waals surface area (Å²) in [4.78, 5) is 16.1. The van der Waals surface area contributed by atoms with Gasteiger partial charge >= 0.3 is 0 Å². The number of H-pyrrole nitrogens is 1. The van der Waals surface area contributed by atoms with Crippen LogP contribution in [0.4, 0.5) is 0 Å². The van der Waals surface area contributed by atoms with Crippen molar-refractivity contribution in [1.29, 1.82) is 0 Å². The van der Waals surface area contributed by atoms with Gasteiger partial charge in [-0.1, -0.05) is 0 Å². The van der Waals surface area contributed by atoms with Gasteiger partial charge in [-0.2, -0.15) is 4.31 Å². The fourth-order valence-electron chi connectivity index (χ4n) is 2.72. The summed E-state index contributed by atoms with van der Waals surface area (Å²) >= 11 is 0. The molecule has 2 aromatic heterocycles. The van der Waals surface area contributed by atoms with Gasteiger partial charge in [0.2, 0.25) is 10.0 Å². The summed E-state index contributed by atoms with van der Waals surface area (Å²) in [5.41, 5.74) is 2.20. The lowest BCUT2D eigenvalue weighted by atomic mass is 10.1. The summed E-state index contributed by atoms with van der Waals surface area (Å²) in [6.07, 6.45) is 7.71. The van der Waals surface area contributed by atoms with Crippen LogP contribution in [0.3, 0.4) is 0 Å². The molecule has 0 radical (unpaired) electrons. The third-order valence-corrected chi connectivity index (χ3v) is 4.89. The number of rotatable bonds is 3. The molecule has 0 aliphatic carbocycles. The molecule has 0 aromatic carbocycles. The normalized spacial score (nSPS) is 20.0. The highest BCUT2D eigenvalue weighted by molar-refractivity contribution is 7.88. The van der Waals surface area contributed by atoms with Gasteiger partial charge in [0.05, 0.1) is 18.0 Å². The monoisotopic (exact) mass is 307 g/mol. The minimum atomic E-state index is -3.26. The van der Waals surface area contributed by atoms with Crippen molar-refractivity contribution in [1.82, 2.24) is 24.2 Å². The number of aryl methyl sites for hydroxylation is 1. The molecule has 1 aliphatic rings. The zero-order chi connectivity index (χ0) is 15.0. The van der Waals surface area contributed by atoms with Crippen LogP contribution in [-0.4, -0.2) is 45.5 Å². The third-order valence-electron chi connectivity index (χ3n) is 3.60. The Morgan fingerprint density at radius 1 is 1.29 bits per heavy atom. The van der Waals surface area contributed by atoms with E-state index in [0.29, 0.717) is 23.8 Å². The summed E-state index contributed by atoms with van der Waals surface area (Å²) in [7, 11) is -3.26. The fraction of sp³-hybridized carbons (Fsp3) is 0.462. The molecule has 1 aliphatic heterocycles. The summed E-state index contributed by atoms with van der Waals surface area (Å²) in [6, 6.07) is -0.269. The van der Waals surface area contributed by atoms with Crippen molar-refractivity contribution in [3.05, 3.63) is 30.0 Å². The zero-order valence-corrected chi connectivity index (χ0v) is 12.8. The molecule has 1 atom stereocenters. The van der Waals surface area contributed by atoms with Crippen LogP contribution in [0.1, 0.15) is 30.3 Å². The maximum absolute atomic E-state index is 11.9. The lowest BCUT2D eigenvalue weighted by molar-refractivity contribution is 0.394. The Hall–Kier alpha value is -1.80. The summed E-state index contributed by atoms with van der Waals surface area (Å²) in [5, 5.41) is 0. The molecule has 1 fully saturated rings. The number of nitrogens with zero attached hydrogens (tertiary/aromatic N) is 4. The number of aromatic amines is 1. The van der Waals surface area contributed by atoms with Gasteiger partial charge in [0.15, 0.2) is 5.82 Å². The van der Waals surface area contributed by atoms with Crippen LogP contribution >= 0.6 is 0 Å². The second kappa shape index (κ2) is 5.19. The number of imidazole rings is 1.